The second-order valence-corrected chi connectivity index (χ2v) is 4.55. The molecule has 4 nitrogen and oxygen atoms in total. The van der Waals surface area contributed by atoms with Crippen molar-refractivity contribution < 1.29 is 14.2 Å². The predicted octanol–water partition coefficient (Wildman–Crippen LogP) is 2.50. The van der Waals surface area contributed by atoms with Crippen LogP contribution in [-0.2, 0) is 13.7 Å². The van der Waals surface area contributed by atoms with Crippen molar-refractivity contribution in [1.82, 2.24) is 9.78 Å². The van der Waals surface area contributed by atoms with Gasteiger partial charge >= 0.3 is 0 Å². The highest BCUT2D eigenvalue weighted by Crippen LogP contribution is 2.26. The molecule has 0 fully saturated rings. The lowest BCUT2D eigenvalue weighted by Gasteiger charge is -2.13. The maximum Gasteiger partial charge on any atom is 0.130 e. The van der Waals surface area contributed by atoms with Gasteiger partial charge in [-0.2, -0.15) is 5.10 Å². The molecular formula is C14H17FN2O2. The average molecular weight is 264 g/mol. The molecule has 0 aliphatic carbocycles. The summed E-state index contributed by atoms with van der Waals surface area (Å²) in [5, 5.41) is 13.8. The molecule has 2 aromatic rings. The SMILES string of the molecule is Cc1cc(COc2cc(F)ccc2C(C)O)n(C)n1. The van der Waals surface area contributed by atoms with Crippen LogP contribution < -0.4 is 4.74 Å². The van der Waals surface area contributed by atoms with Crippen LogP contribution in [0.4, 0.5) is 4.39 Å². The van der Waals surface area contributed by atoms with Crippen LogP contribution in [0.25, 0.3) is 0 Å². The molecule has 0 spiro atoms. The molecule has 0 radical (unpaired) electrons. The zero-order valence-electron chi connectivity index (χ0n) is 11.2. The van der Waals surface area contributed by atoms with Gasteiger partial charge in [-0.05, 0) is 32.0 Å². The van der Waals surface area contributed by atoms with E-state index in [1.807, 2.05) is 20.0 Å². The van der Waals surface area contributed by atoms with Gasteiger partial charge in [-0.1, -0.05) is 0 Å². The number of nitrogens with zero attached hydrogens (tertiary/aromatic N) is 2. The molecule has 1 unspecified atom stereocenters. The lowest BCUT2D eigenvalue weighted by atomic mass is 10.1. The van der Waals surface area contributed by atoms with Crippen molar-refractivity contribution >= 4 is 0 Å². The van der Waals surface area contributed by atoms with Crippen LogP contribution in [0.1, 0.15) is 30.0 Å². The Bertz CT molecular complexity index is 579. The van der Waals surface area contributed by atoms with E-state index < -0.39 is 6.10 Å². The number of halogens is 1. The quantitative estimate of drug-likeness (QED) is 0.923. The van der Waals surface area contributed by atoms with E-state index in [9.17, 15) is 9.50 Å². The summed E-state index contributed by atoms with van der Waals surface area (Å²) in [6, 6.07) is 6.03. The number of aliphatic hydroxyl groups is 1. The van der Waals surface area contributed by atoms with Gasteiger partial charge in [0.1, 0.15) is 18.2 Å². The van der Waals surface area contributed by atoms with Crippen molar-refractivity contribution in [3.05, 3.63) is 47.0 Å². The molecule has 0 saturated carbocycles. The van der Waals surface area contributed by atoms with Gasteiger partial charge in [-0.25, -0.2) is 4.39 Å². The molecule has 2 rings (SSSR count). The summed E-state index contributed by atoms with van der Waals surface area (Å²) in [6.07, 6.45) is -0.705. The summed E-state index contributed by atoms with van der Waals surface area (Å²) in [6.45, 7) is 3.79. The minimum Gasteiger partial charge on any atom is -0.487 e. The molecule has 102 valence electrons. The molecule has 5 heteroatoms. The number of aliphatic hydroxyl groups excluding tert-OH is 1. The smallest absolute Gasteiger partial charge is 0.130 e. The Hall–Kier alpha value is -1.88. The van der Waals surface area contributed by atoms with Gasteiger partial charge in [0.15, 0.2) is 0 Å². The molecule has 1 heterocycles. The van der Waals surface area contributed by atoms with E-state index in [0.29, 0.717) is 11.3 Å². The van der Waals surface area contributed by atoms with Gasteiger partial charge in [0.25, 0.3) is 0 Å². The highest BCUT2D eigenvalue weighted by molar-refractivity contribution is 5.35. The topological polar surface area (TPSA) is 47.3 Å². The van der Waals surface area contributed by atoms with Gasteiger partial charge in [-0.3, -0.25) is 4.68 Å². The van der Waals surface area contributed by atoms with E-state index in [2.05, 4.69) is 5.10 Å². The summed E-state index contributed by atoms with van der Waals surface area (Å²) in [5.41, 5.74) is 2.36. The lowest BCUT2D eigenvalue weighted by molar-refractivity contribution is 0.189. The molecule has 0 aliphatic heterocycles. The maximum absolute atomic E-state index is 13.2. The number of ether oxygens (including phenoxy) is 1. The largest absolute Gasteiger partial charge is 0.487 e. The Morgan fingerprint density at radius 1 is 1.42 bits per heavy atom. The first kappa shape index (κ1) is 13.5. The fraction of sp³-hybridized carbons (Fsp3) is 0.357. The Kier molecular flexibility index (Phi) is 3.85. The predicted molar refractivity (Wildman–Crippen MR) is 69.3 cm³/mol. The lowest BCUT2D eigenvalue weighted by Crippen LogP contribution is -2.05. The standard InChI is InChI=1S/C14H17FN2O2/c1-9-6-12(17(3)16-9)8-19-14-7-11(15)4-5-13(14)10(2)18/h4-7,10,18H,8H2,1-3H3. The third kappa shape index (κ3) is 3.12. The van der Waals surface area contributed by atoms with Gasteiger partial charge in [0.2, 0.25) is 0 Å². The van der Waals surface area contributed by atoms with Gasteiger partial charge in [0, 0.05) is 18.7 Å². The molecule has 0 aliphatic rings. The van der Waals surface area contributed by atoms with Crippen molar-refractivity contribution in [2.24, 2.45) is 7.05 Å². The molecular weight excluding hydrogens is 247 g/mol. The monoisotopic (exact) mass is 264 g/mol. The second kappa shape index (κ2) is 5.40. The third-order valence-electron chi connectivity index (χ3n) is 2.90. The van der Waals surface area contributed by atoms with Gasteiger partial charge in [0.05, 0.1) is 17.5 Å². The van der Waals surface area contributed by atoms with E-state index in [1.54, 1.807) is 11.6 Å². The summed E-state index contributed by atoms with van der Waals surface area (Å²) in [5.74, 6) is -0.0329. The van der Waals surface area contributed by atoms with Crippen molar-refractivity contribution in [3.63, 3.8) is 0 Å². The van der Waals surface area contributed by atoms with Crippen molar-refractivity contribution in [1.29, 1.82) is 0 Å². The Morgan fingerprint density at radius 3 is 2.74 bits per heavy atom. The van der Waals surface area contributed by atoms with Crippen molar-refractivity contribution in [2.45, 2.75) is 26.6 Å². The fourth-order valence-electron chi connectivity index (χ4n) is 1.93. The van der Waals surface area contributed by atoms with E-state index >= 15 is 0 Å². The van der Waals surface area contributed by atoms with E-state index in [-0.39, 0.29) is 12.4 Å². The highest BCUT2D eigenvalue weighted by atomic mass is 19.1. The maximum atomic E-state index is 13.2. The summed E-state index contributed by atoms with van der Waals surface area (Å²) in [4.78, 5) is 0. The van der Waals surface area contributed by atoms with Crippen molar-refractivity contribution in [2.75, 3.05) is 0 Å². The molecule has 19 heavy (non-hydrogen) atoms. The second-order valence-electron chi connectivity index (χ2n) is 4.55. The normalized spacial score (nSPS) is 12.5. The number of aryl methyl sites for hydroxylation is 2. The summed E-state index contributed by atoms with van der Waals surface area (Å²) >= 11 is 0. The number of benzene rings is 1. The van der Waals surface area contributed by atoms with Crippen LogP contribution in [0.15, 0.2) is 24.3 Å². The first-order chi connectivity index (χ1) is 8.97. The third-order valence-corrected chi connectivity index (χ3v) is 2.90. The van der Waals surface area contributed by atoms with E-state index in [0.717, 1.165) is 11.4 Å². The zero-order valence-corrected chi connectivity index (χ0v) is 11.2. The van der Waals surface area contributed by atoms with E-state index in [1.165, 1.54) is 18.2 Å². The van der Waals surface area contributed by atoms with Crippen LogP contribution in [-0.4, -0.2) is 14.9 Å². The fourth-order valence-corrected chi connectivity index (χ4v) is 1.93. The van der Waals surface area contributed by atoms with Crippen molar-refractivity contribution in [3.8, 4) is 5.75 Å². The Labute approximate surface area is 111 Å². The summed E-state index contributed by atoms with van der Waals surface area (Å²) in [7, 11) is 1.83. The first-order valence-corrected chi connectivity index (χ1v) is 6.07. The van der Waals surface area contributed by atoms with Gasteiger partial charge in [-0.15, -0.1) is 0 Å². The van der Waals surface area contributed by atoms with Crippen LogP contribution in [0.5, 0.6) is 5.75 Å². The summed E-state index contributed by atoms with van der Waals surface area (Å²) < 4.78 is 20.6. The molecule has 1 atom stereocenters. The number of hydrogen-bond donors (Lipinski definition) is 1. The molecule has 0 bridgehead atoms. The van der Waals surface area contributed by atoms with Crippen LogP contribution >= 0.6 is 0 Å². The molecule has 0 amide bonds. The number of rotatable bonds is 4. The van der Waals surface area contributed by atoms with Crippen LogP contribution in [0.3, 0.4) is 0 Å². The Morgan fingerprint density at radius 2 is 2.16 bits per heavy atom. The Balaban J connectivity index is 2.19. The first-order valence-electron chi connectivity index (χ1n) is 6.07. The minimum atomic E-state index is -0.705. The van der Waals surface area contributed by atoms with Crippen LogP contribution in [0, 0.1) is 12.7 Å². The minimum absolute atomic E-state index is 0.278. The highest BCUT2D eigenvalue weighted by Gasteiger charge is 2.11. The van der Waals surface area contributed by atoms with E-state index in [4.69, 9.17) is 4.74 Å². The van der Waals surface area contributed by atoms with Gasteiger partial charge < -0.3 is 9.84 Å². The molecule has 1 aromatic heterocycles. The molecule has 1 aromatic carbocycles. The van der Waals surface area contributed by atoms with Crippen LogP contribution in [0.2, 0.25) is 0 Å². The number of hydrogen-bond acceptors (Lipinski definition) is 3. The zero-order chi connectivity index (χ0) is 14.0. The molecule has 1 N–H and O–H groups in total. The molecule has 0 saturated heterocycles. The number of aromatic nitrogens is 2. The average Bonchev–Trinajstić information content (AvgIpc) is 2.65.